The number of hydrogen-bond acceptors (Lipinski definition) is 7. The summed E-state index contributed by atoms with van der Waals surface area (Å²) < 4.78 is 29.9. The summed E-state index contributed by atoms with van der Waals surface area (Å²) in [4.78, 5) is 13.8. The highest BCUT2D eigenvalue weighted by Gasteiger charge is 2.42. The number of benzene rings is 1. The third kappa shape index (κ3) is 3.90. The molecule has 2 fully saturated rings. The number of piperidine rings is 1. The molecule has 4 rings (SSSR count). The second-order valence-electron chi connectivity index (χ2n) is 7.31. The quantitative estimate of drug-likeness (QED) is 0.766. The molecular weight excluding hydrogens is 405 g/mol. The van der Waals surface area contributed by atoms with E-state index in [0.29, 0.717) is 25.3 Å². The van der Waals surface area contributed by atoms with Crippen molar-refractivity contribution in [2.45, 2.75) is 30.9 Å². The molecule has 3 N–H and O–H groups in total. The van der Waals surface area contributed by atoms with Crippen molar-refractivity contribution in [2.24, 2.45) is 5.73 Å². The SMILES string of the molecule is COc1cc(-c2onc(N3CCC4(CC3)CC(N)CO4)c2C(=O)O)ccc1F.Cl. The number of carboxylic acids is 1. The van der Waals surface area contributed by atoms with Crippen LogP contribution in [0.25, 0.3) is 11.3 Å². The van der Waals surface area contributed by atoms with Crippen LogP contribution in [0.3, 0.4) is 0 Å². The zero-order valence-electron chi connectivity index (χ0n) is 15.9. The lowest BCUT2D eigenvalue weighted by Gasteiger charge is -2.38. The second-order valence-corrected chi connectivity index (χ2v) is 7.31. The molecule has 2 aliphatic rings. The van der Waals surface area contributed by atoms with Crippen LogP contribution in [-0.2, 0) is 4.74 Å². The molecule has 1 aromatic heterocycles. The van der Waals surface area contributed by atoms with Crippen LogP contribution in [0.15, 0.2) is 22.7 Å². The molecule has 2 aliphatic heterocycles. The van der Waals surface area contributed by atoms with E-state index in [1.54, 1.807) is 0 Å². The topological polar surface area (TPSA) is 111 Å². The van der Waals surface area contributed by atoms with Crippen LogP contribution in [0.1, 0.15) is 29.6 Å². The molecule has 0 aliphatic carbocycles. The number of halogens is 2. The van der Waals surface area contributed by atoms with Crippen molar-refractivity contribution in [2.75, 3.05) is 31.7 Å². The average molecular weight is 428 g/mol. The number of nitrogens with zero attached hydrogens (tertiary/aromatic N) is 2. The summed E-state index contributed by atoms with van der Waals surface area (Å²) in [5, 5.41) is 13.8. The number of aromatic carboxylic acids is 1. The van der Waals surface area contributed by atoms with E-state index in [9.17, 15) is 14.3 Å². The third-order valence-corrected chi connectivity index (χ3v) is 5.51. The van der Waals surface area contributed by atoms with Crippen molar-refractivity contribution in [3.63, 3.8) is 0 Å². The highest BCUT2D eigenvalue weighted by molar-refractivity contribution is 5.99. The fourth-order valence-electron chi connectivity index (χ4n) is 4.04. The molecule has 0 amide bonds. The van der Waals surface area contributed by atoms with Gasteiger partial charge in [-0.25, -0.2) is 9.18 Å². The van der Waals surface area contributed by atoms with E-state index in [0.717, 1.165) is 19.3 Å². The summed E-state index contributed by atoms with van der Waals surface area (Å²) >= 11 is 0. The Morgan fingerprint density at radius 1 is 1.41 bits per heavy atom. The zero-order chi connectivity index (χ0) is 19.9. The van der Waals surface area contributed by atoms with Crippen LogP contribution >= 0.6 is 12.4 Å². The first-order chi connectivity index (χ1) is 13.4. The predicted molar refractivity (Wildman–Crippen MR) is 105 cm³/mol. The Bertz CT molecular complexity index is 898. The number of methoxy groups -OCH3 is 1. The molecule has 2 saturated heterocycles. The van der Waals surface area contributed by atoms with Gasteiger partial charge in [0, 0.05) is 24.7 Å². The summed E-state index contributed by atoms with van der Waals surface area (Å²) in [5.74, 6) is -1.36. The summed E-state index contributed by atoms with van der Waals surface area (Å²) in [6.07, 6.45) is 2.30. The van der Waals surface area contributed by atoms with Gasteiger partial charge in [-0.15, -0.1) is 12.4 Å². The Labute approximate surface area is 173 Å². The maximum absolute atomic E-state index is 13.7. The Hall–Kier alpha value is -2.36. The molecule has 0 saturated carbocycles. The molecule has 1 unspecified atom stereocenters. The van der Waals surface area contributed by atoms with Crippen LogP contribution in [0, 0.1) is 5.82 Å². The highest BCUT2D eigenvalue weighted by Crippen LogP contribution is 2.39. The number of nitrogens with two attached hydrogens (primary N) is 1. The molecule has 8 nitrogen and oxygen atoms in total. The van der Waals surface area contributed by atoms with Crippen molar-refractivity contribution in [3.05, 3.63) is 29.6 Å². The maximum atomic E-state index is 13.7. The van der Waals surface area contributed by atoms with Crippen LogP contribution in [0.4, 0.5) is 10.2 Å². The predicted octanol–water partition coefficient (Wildman–Crippen LogP) is 2.70. The van der Waals surface area contributed by atoms with Crippen molar-refractivity contribution < 1.29 is 28.3 Å². The van der Waals surface area contributed by atoms with E-state index in [4.69, 9.17) is 19.7 Å². The molecule has 158 valence electrons. The molecular formula is C19H23ClFN3O5. The minimum absolute atomic E-state index is 0. The largest absolute Gasteiger partial charge is 0.494 e. The lowest BCUT2D eigenvalue weighted by Crippen LogP contribution is -2.45. The van der Waals surface area contributed by atoms with Gasteiger partial charge in [0.05, 0.1) is 19.3 Å². The van der Waals surface area contributed by atoms with Crippen LogP contribution in [0.5, 0.6) is 5.75 Å². The maximum Gasteiger partial charge on any atom is 0.343 e. The molecule has 0 bridgehead atoms. The molecule has 10 heteroatoms. The Morgan fingerprint density at radius 3 is 2.72 bits per heavy atom. The van der Waals surface area contributed by atoms with Gasteiger partial charge in [0.2, 0.25) is 0 Å². The standard InChI is InChI=1S/C19H22FN3O5.ClH/c1-26-14-8-11(2-3-13(14)20)16-15(18(24)25)17(22-28-16)23-6-4-19(5-7-23)9-12(21)10-27-19;/h2-3,8,12H,4-7,9-10,21H2,1H3,(H,24,25);1H. The number of ether oxygens (including phenoxy) is 2. The van der Waals surface area contributed by atoms with Crippen molar-refractivity contribution in [1.82, 2.24) is 5.16 Å². The number of aromatic nitrogens is 1. The van der Waals surface area contributed by atoms with Gasteiger partial charge in [-0.2, -0.15) is 0 Å². The van der Waals surface area contributed by atoms with Gasteiger partial charge in [0.15, 0.2) is 28.7 Å². The number of carboxylic acid groups (broad SMARTS) is 1. The number of rotatable bonds is 4. The molecule has 29 heavy (non-hydrogen) atoms. The minimum Gasteiger partial charge on any atom is -0.494 e. The van der Waals surface area contributed by atoms with Gasteiger partial charge in [-0.1, -0.05) is 5.16 Å². The molecule has 1 aromatic carbocycles. The van der Waals surface area contributed by atoms with Crippen LogP contribution in [0.2, 0.25) is 0 Å². The first kappa shape index (κ1) is 21.4. The third-order valence-electron chi connectivity index (χ3n) is 5.51. The minimum atomic E-state index is -1.16. The van der Waals surface area contributed by atoms with E-state index in [1.807, 2.05) is 4.90 Å². The fourth-order valence-corrected chi connectivity index (χ4v) is 4.04. The molecule has 3 heterocycles. The van der Waals surface area contributed by atoms with E-state index in [-0.39, 0.29) is 46.9 Å². The normalized spacial score (nSPS) is 20.5. The Kier molecular flexibility index (Phi) is 6.02. The first-order valence-corrected chi connectivity index (χ1v) is 9.14. The van der Waals surface area contributed by atoms with E-state index in [1.165, 1.54) is 25.3 Å². The molecule has 1 atom stereocenters. The Morgan fingerprint density at radius 2 is 2.14 bits per heavy atom. The smallest absolute Gasteiger partial charge is 0.343 e. The zero-order valence-corrected chi connectivity index (χ0v) is 16.7. The van der Waals surface area contributed by atoms with E-state index >= 15 is 0 Å². The lowest BCUT2D eigenvalue weighted by molar-refractivity contribution is -0.0149. The van der Waals surface area contributed by atoms with Gasteiger partial charge in [0.25, 0.3) is 0 Å². The van der Waals surface area contributed by atoms with Crippen molar-refractivity contribution >= 4 is 24.2 Å². The van der Waals surface area contributed by atoms with Crippen LogP contribution < -0.4 is 15.4 Å². The van der Waals surface area contributed by atoms with Crippen molar-refractivity contribution in [3.8, 4) is 17.1 Å². The van der Waals surface area contributed by atoms with Gasteiger partial charge >= 0.3 is 5.97 Å². The first-order valence-electron chi connectivity index (χ1n) is 9.14. The Balaban J connectivity index is 0.00000240. The molecule has 2 aromatic rings. The number of carbonyl (C=O) groups is 1. The number of hydrogen-bond donors (Lipinski definition) is 2. The van der Waals surface area contributed by atoms with Gasteiger partial charge in [0.1, 0.15) is 0 Å². The number of anilines is 1. The molecule has 0 radical (unpaired) electrons. The summed E-state index contributed by atoms with van der Waals surface area (Å²) in [5.41, 5.74) is 6.08. The summed E-state index contributed by atoms with van der Waals surface area (Å²) in [6, 6.07) is 4.08. The molecule has 1 spiro atoms. The second kappa shape index (κ2) is 8.17. The van der Waals surface area contributed by atoms with Crippen molar-refractivity contribution in [1.29, 1.82) is 0 Å². The summed E-state index contributed by atoms with van der Waals surface area (Å²) in [7, 11) is 1.34. The monoisotopic (exact) mass is 427 g/mol. The van der Waals surface area contributed by atoms with E-state index < -0.39 is 11.8 Å². The highest BCUT2D eigenvalue weighted by atomic mass is 35.5. The van der Waals surface area contributed by atoms with E-state index in [2.05, 4.69) is 5.16 Å². The van der Waals surface area contributed by atoms with Gasteiger partial charge < -0.3 is 29.7 Å². The lowest BCUT2D eigenvalue weighted by atomic mass is 9.87. The van der Waals surface area contributed by atoms with Gasteiger partial charge in [-0.3, -0.25) is 0 Å². The average Bonchev–Trinajstić information content (AvgIpc) is 3.27. The van der Waals surface area contributed by atoms with Crippen LogP contribution in [-0.4, -0.2) is 54.7 Å². The van der Waals surface area contributed by atoms with Gasteiger partial charge in [-0.05, 0) is 37.5 Å². The fraction of sp³-hybridized carbons (Fsp3) is 0.474. The summed E-state index contributed by atoms with van der Waals surface area (Å²) in [6.45, 7) is 1.73.